The number of thiazole rings is 1. The average molecular weight is 260 g/mol. The molecular formula is C10H16N2O4S. The number of hydrogen-bond donors (Lipinski definition) is 3. The van der Waals surface area contributed by atoms with Crippen molar-refractivity contribution in [1.29, 1.82) is 0 Å². The van der Waals surface area contributed by atoms with Crippen LogP contribution < -0.4 is 5.73 Å². The maximum Gasteiger partial charge on any atom is 0.358 e. The van der Waals surface area contributed by atoms with Crippen molar-refractivity contribution in [2.75, 3.05) is 13.2 Å². The Hall–Kier alpha value is -1.02. The van der Waals surface area contributed by atoms with Gasteiger partial charge in [-0.3, -0.25) is 0 Å². The molecule has 0 saturated heterocycles. The van der Waals surface area contributed by atoms with E-state index >= 15 is 0 Å². The molecule has 0 aromatic carbocycles. The number of carbonyl (C=O) groups is 1. The molecule has 0 fully saturated rings. The first-order valence-corrected chi connectivity index (χ1v) is 6.16. The van der Waals surface area contributed by atoms with Crippen molar-refractivity contribution < 1.29 is 19.7 Å². The van der Waals surface area contributed by atoms with Gasteiger partial charge in [-0.1, -0.05) is 0 Å². The van der Waals surface area contributed by atoms with Crippen molar-refractivity contribution in [3.8, 4) is 0 Å². The third-order valence-electron chi connectivity index (χ3n) is 2.16. The third-order valence-corrected chi connectivity index (χ3v) is 3.06. The van der Waals surface area contributed by atoms with E-state index in [2.05, 4.69) is 4.98 Å². The summed E-state index contributed by atoms with van der Waals surface area (Å²) in [4.78, 5) is 15.7. The van der Waals surface area contributed by atoms with Crippen molar-refractivity contribution in [3.63, 3.8) is 0 Å². The van der Waals surface area contributed by atoms with Crippen molar-refractivity contribution in [3.05, 3.63) is 16.1 Å². The molecule has 0 aliphatic rings. The molecule has 0 bridgehead atoms. The van der Waals surface area contributed by atoms with Gasteiger partial charge in [0.15, 0.2) is 5.69 Å². The van der Waals surface area contributed by atoms with Gasteiger partial charge in [-0.25, -0.2) is 9.78 Å². The molecule has 1 aromatic heterocycles. The third kappa shape index (κ3) is 3.47. The number of aliphatic hydroxyl groups is 2. The zero-order valence-corrected chi connectivity index (χ0v) is 10.3. The Balaban J connectivity index is 2.83. The smallest absolute Gasteiger partial charge is 0.358 e. The first-order chi connectivity index (χ1) is 8.11. The van der Waals surface area contributed by atoms with E-state index in [9.17, 15) is 15.0 Å². The number of rotatable bonds is 6. The lowest BCUT2D eigenvalue weighted by Crippen LogP contribution is -2.23. The average Bonchev–Trinajstić information content (AvgIpc) is 2.77. The zero-order chi connectivity index (χ0) is 12.8. The number of esters is 1. The Labute approximate surface area is 103 Å². The minimum Gasteiger partial charge on any atom is -0.461 e. The predicted molar refractivity (Wildman–Crippen MR) is 62.7 cm³/mol. The van der Waals surface area contributed by atoms with Gasteiger partial charge in [0.25, 0.3) is 0 Å². The summed E-state index contributed by atoms with van der Waals surface area (Å²) in [7, 11) is 0. The van der Waals surface area contributed by atoms with E-state index in [4.69, 9.17) is 10.5 Å². The van der Waals surface area contributed by atoms with Crippen LogP contribution in [0.2, 0.25) is 0 Å². The monoisotopic (exact) mass is 260 g/mol. The van der Waals surface area contributed by atoms with Gasteiger partial charge in [-0.05, 0) is 19.9 Å². The van der Waals surface area contributed by atoms with Gasteiger partial charge in [0.2, 0.25) is 0 Å². The molecule has 1 heterocycles. The second-order valence-corrected chi connectivity index (χ2v) is 4.26. The summed E-state index contributed by atoms with van der Waals surface area (Å²) in [6.07, 6.45) is -1.92. The number of carbonyl (C=O) groups excluding carboxylic acids is 1. The highest BCUT2D eigenvalue weighted by Crippen LogP contribution is 2.26. The van der Waals surface area contributed by atoms with Gasteiger partial charge in [-0.15, -0.1) is 11.3 Å². The van der Waals surface area contributed by atoms with Gasteiger partial charge in [0.1, 0.15) is 6.10 Å². The highest BCUT2D eigenvalue weighted by atomic mass is 32.1. The molecule has 4 N–H and O–H groups in total. The summed E-state index contributed by atoms with van der Waals surface area (Å²) >= 11 is 1.10. The maximum atomic E-state index is 11.5. The number of nitrogens with two attached hydrogens (primary N) is 1. The van der Waals surface area contributed by atoms with Gasteiger partial charge < -0.3 is 20.7 Å². The van der Waals surface area contributed by atoms with Crippen LogP contribution in [0, 0.1) is 0 Å². The Morgan fingerprint density at radius 3 is 2.94 bits per heavy atom. The maximum absolute atomic E-state index is 11.5. The standard InChI is InChI=1S/C10H16N2O4S/c1-2-16-10(15)7-9(17-5-12-7)8(14)6(13)3-4-11/h5-6,8,13-14H,2-4,11H2,1H3. The molecule has 1 aromatic rings. The number of nitrogens with zero attached hydrogens (tertiary/aromatic N) is 1. The fourth-order valence-electron chi connectivity index (χ4n) is 1.32. The summed E-state index contributed by atoms with van der Waals surface area (Å²) in [6, 6.07) is 0. The molecule has 7 heteroatoms. The van der Waals surface area contributed by atoms with Crippen LogP contribution in [0.25, 0.3) is 0 Å². The molecule has 2 unspecified atom stereocenters. The molecule has 1 rings (SSSR count). The minimum absolute atomic E-state index is 0.0559. The Kier molecular flexibility index (Phi) is 5.49. The van der Waals surface area contributed by atoms with Crippen LogP contribution >= 0.6 is 11.3 Å². The van der Waals surface area contributed by atoms with Crippen molar-refractivity contribution in [2.24, 2.45) is 5.73 Å². The quantitative estimate of drug-likeness (QED) is 0.625. The fraction of sp³-hybridized carbons (Fsp3) is 0.600. The molecule has 0 aliphatic carbocycles. The summed E-state index contributed by atoms with van der Waals surface area (Å²) in [5, 5.41) is 19.5. The van der Waals surface area contributed by atoms with Gasteiger partial charge >= 0.3 is 5.97 Å². The molecule has 96 valence electrons. The number of aromatic nitrogens is 1. The molecule has 0 amide bonds. The van der Waals surface area contributed by atoms with Crippen LogP contribution in [0.5, 0.6) is 0 Å². The van der Waals surface area contributed by atoms with Gasteiger partial charge in [0, 0.05) is 0 Å². The molecule has 0 saturated carbocycles. The Bertz CT molecular complexity index is 369. The Morgan fingerprint density at radius 2 is 2.35 bits per heavy atom. The lowest BCUT2D eigenvalue weighted by Gasteiger charge is -2.16. The largest absolute Gasteiger partial charge is 0.461 e. The van der Waals surface area contributed by atoms with Crippen LogP contribution in [-0.4, -0.2) is 40.4 Å². The highest BCUT2D eigenvalue weighted by Gasteiger charge is 2.26. The summed E-state index contributed by atoms with van der Waals surface area (Å²) < 4.78 is 4.80. The van der Waals surface area contributed by atoms with Crippen molar-refractivity contribution >= 4 is 17.3 Å². The molecule has 2 atom stereocenters. The first kappa shape index (κ1) is 14.0. The zero-order valence-electron chi connectivity index (χ0n) is 9.50. The minimum atomic E-state index is -1.16. The van der Waals surface area contributed by atoms with E-state index in [-0.39, 0.29) is 25.3 Å². The predicted octanol–water partition coefficient (Wildman–Crippen LogP) is 0.0629. The topological polar surface area (TPSA) is 106 Å². The van der Waals surface area contributed by atoms with E-state index in [1.807, 2.05) is 0 Å². The highest BCUT2D eigenvalue weighted by molar-refractivity contribution is 7.10. The van der Waals surface area contributed by atoms with Crippen LogP contribution in [-0.2, 0) is 4.74 Å². The second kappa shape index (κ2) is 6.65. The van der Waals surface area contributed by atoms with Crippen molar-refractivity contribution in [1.82, 2.24) is 4.98 Å². The summed E-state index contributed by atoms with van der Waals surface area (Å²) in [6.45, 7) is 2.17. The lowest BCUT2D eigenvalue weighted by atomic mass is 10.1. The lowest BCUT2D eigenvalue weighted by molar-refractivity contribution is 0.0155. The normalized spacial score (nSPS) is 14.4. The summed E-state index contributed by atoms with van der Waals surface area (Å²) in [5.74, 6) is -0.595. The summed E-state index contributed by atoms with van der Waals surface area (Å²) in [5.41, 5.74) is 6.78. The first-order valence-electron chi connectivity index (χ1n) is 5.28. The molecule has 6 nitrogen and oxygen atoms in total. The van der Waals surface area contributed by atoms with E-state index in [0.29, 0.717) is 4.88 Å². The van der Waals surface area contributed by atoms with E-state index < -0.39 is 18.2 Å². The molecule has 17 heavy (non-hydrogen) atoms. The van der Waals surface area contributed by atoms with E-state index in [1.165, 1.54) is 5.51 Å². The van der Waals surface area contributed by atoms with E-state index in [0.717, 1.165) is 11.3 Å². The second-order valence-electron chi connectivity index (χ2n) is 3.38. The number of ether oxygens (including phenoxy) is 1. The SMILES string of the molecule is CCOC(=O)c1ncsc1C(O)C(O)CCN. The Morgan fingerprint density at radius 1 is 1.65 bits per heavy atom. The van der Waals surface area contributed by atoms with Gasteiger partial charge in [0.05, 0.1) is 23.1 Å². The molecule has 0 aliphatic heterocycles. The number of aliphatic hydroxyl groups excluding tert-OH is 2. The van der Waals surface area contributed by atoms with Crippen LogP contribution in [0.4, 0.5) is 0 Å². The van der Waals surface area contributed by atoms with E-state index in [1.54, 1.807) is 6.92 Å². The fourth-order valence-corrected chi connectivity index (χ4v) is 2.14. The van der Waals surface area contributed by atoms with Crippen molar-refractivity contribution in [2.45, 2.75) is 25.6 Å². The van der Waals surface area contributed by atoms with Gasteiger partial charge in [-0.2, -0.15) is 0 Å². The molecule has 0 radical (unpaired) electrons. The van der Waals surface area contributed by atoms with Crippen LogP contribution in [0.1, 0.15) is 34.8 Å². The van der Waals surface area contributed by atoms with Crippen LogP contribution in [0.3, 0.4) is 0 Å². The molecular weight excluding hydrogens is 244 g/mol. The van der Waals surface area contributed by atoms with Crippen LogP contribution in [0.15, 0.2) is 5.51 Å². The molecule has 0 spiro atoms. The number of hydrogen-bond acceptors (Lipinski definition) is 7.